The summed E-state index contributed by atoms with van der Waals surface area (Å²) in [5.74, 6) is 0. The van der Waals surface area contributed by atoms with Crippen LogP contribution in [0.1, 0.15) is 12.5 Å². The minimum Gasteiger partial charge on any atom is -0.362 e. The van der Waals surface area contributed by atoms with Crippen molar-refractivity contribution in [3.05, 3.63) is 36.0 Å². The minimum atomic E-state index is 0.536. The number of aromatic nitrogens is 1. The van der Waals surface area contributed by atoms with E-state index in [9.17, 15) is 0 Å². The maximum atomic E-state index is 5.03. The number of para-hydroxylation sites is 1. The van der Waals surface area contributed by atoms with Crippen molar-refractivity contribution >= 4 is 34.4 Å². The Bertz CT molecular complexity index is 586. The third kappa shape index (κ3) is 2.68. The van der Waals surface area contributed by atoms with Gasteiger partial charge in [-0.05, 0) is 25.2 Å². The zero-order chi connectivity index (χ0) is 13.0. The highest BCUT2D eigenvalue weighted by Crippen LogP contribution is 2.18. The summed E-state index contributed by atoms with van der Waals surface area (Å²) in [7, 11) is 2.02. The molecule has 0 saturated heterocycles. The van der Waals surface area contributed by atoms with Crippen molar-refractivity contribution in [3.63, 3.8) is 0 Å². The topological polar surface area (TPSA) is 41.4 Å². The van der Waals surface area contributed by atoms with Crippen LogP contribution in [0.3, 0.4) is 0 Å². The molecule has 0 aliphatic heterocycles. The summed E-state index contributed by atoms with van der Waals surface area (Å²) >= 11 is 5.03. The monoisotopic (exact) mass is 260 g/mol. The Morgan fingerprint density at radius 2 is 2.22 bits per heavy atom. The van der Waals surface area contributed by atoms with E-state index < -0.39 is 0 Å². The number of hydrogen-bond donors (Lipinski definition) is 2. The SMILES string of the molecule is CCNC(=S)N/N=C/c1cn(C)c2ccccc12. The normalized spacial score (nSPS) is 11.0. The van der Waals surface area contributed by atoms with E-state index in [0.717, 1.165) is 12.1 Å². The van der Waals surface area contributed by atoms with E-state index in [-0.39, 0.29) is 0 Å². The molecule has 0 saturated carbocycles. The van der Waals surface area contributed by atoms with Gasteiger partial charge in [0.15, 0.2) is 5.11 Å². The van der Waals surface area contributed by atoms with E-state index in [0.29, 0.717) is 5.11 Å². The van der Waals surface area contributed by atoms with E-state index in [1.54, 1.807) is 6.21 Å². The number of rotatable bonds is 3. The van der Waals surface area contributed by atoms with Crippen molar-refractivity contribution in [1.29, 1.82) is 0 Å². The van der Waals surface area contributed by atoms with Gasteiger partial charge in [0.2, 0.25) is 0 Å². The van der Waals surface area contributed by atoms with Crippen LogP contribution in [-0.2, 0) is 7.05 Å². The van der Waals surface area contributed by atoms with Gasteiger partial charge in [0.05, 0.1) is 6.21 Å². The van der Waals surface area contributed by atoms with E-state index in [2.05, 4.69) is 32.5 Å². The van der Waals surface area contributed by atoms with Crippen LogP contribution in [0.2, 0.25) is 0 Å². The average Bonchev–Trinajstić information content (AvgIpc) is 2.68. The van der Waals surface area contributed by atoms with Gasteiger partial charge >= 0.3 is 0 Å². The van der Waals surface area contributed by atoms with Crippen molar-refractivity contribution < 1.29 is 0 Å². The molecule has 0 aliphatic rings. The Hall–Kier alpha value is -1.88. The third-order valence-electron chi connectivity index (χ3n) is 2.63. The fourth-order valence-electron chi connectivity index (χ4n) is 1.84. The van der Waals surface area contributed by atoms with Gasteiger partial charge in [0.25, 0.3) is 0 Å². The molecule has 2 rings (SSSR count). The molecule has 18 heavy (non-hydrogen) atoms. The predicted octanol–water partition coefficient (Wildman–Crippen LogP) is 2.00. The molecule has 0 bridgehead atoms. The average molecular weight is 260 g/mol. The zero-order valence-electron chi connectivity index (χ0n) is 10.5. The highest BCUT2D eigenvalue weighted by atomic mass is 32.1. The third-order valence-corrected chi connectivity index (χ3v) is 2.87. The second-order valence-electron chi connectivity index (χ2n) is 3.94. The van der Waals surface area contributed by atoms with Gasteiger partial charge in [0, 0.05) is 36.3 Å². The molecule has 1 aromatic carbocycles. The van der Waals surface area contributed by atoms with Crippen LogP contribution in [0.4, 0.5) is 0 Å². The highest BCUT2D eigenvalue weighted by Gasteiger charge is 2.02. The Kier molecular flexibility index (Phi) is 3.94. The Balaban J connectivity index is 2.17. The summed E-state index contributed by atoms with van der Waals surface area (Å²) in [6.07, 6.45) is 3.83. The second-order valence-corrected chi connectivity index (χ2v) is 4.35. The lowest BCUT2D eigenvalue weighted by molar-refractivity contribution is 0.904. The maximum absolute atomic E-state index is 5.03. The zero-order valence-corrected chi connectivity index (χ0v) is 11.3. The maximum Gasteiger partial charge on any atom is 0.186 e. The number of thiocarbonyl (C=S) groups is 1. The summed E-state index contributed by atoms with van der Waals surface area (Å²) in [6.45, 7) is 2.78. The number of benzene rings is 1. The lowest BCUT2D eigenvalue weighted by Gasteiger charge is -2.02. The van der Waals surface area contributed by atoms with Crippen LogP contribution in [-0.4, -0.2) is 22.4 Å². The first-order valence-corrected chi connectivity index (χ1v) is 6.24. The smallest absolute Gasteiger partial charge is 0.186 e. The second kappa shape index (κ2) is 5.64. The van der Waals surface area contributed by atoms with Crippen molar-refractivity contribution in [3.8, 4) is 0 Å². The molecule has 1 heterocycles. The molecule has 1 aromatic heterocycles. The first-order valence-electron chi connectivity index (χ1n) is 5.83. The fourth-order valence-corrected chi connectivity index (χ4v) is 2.03. The molecule has 0 radical (unpaired) electrons. The molecule has 2 N–H and O–H groups in total. The number of fused-ring (bicyclic) bond motifs is 1. The van der Waals surface area contributed by atoms with Crippen molar-refractivity contribution in [1.82, 2.24) is 15.3 Å². The molecule has 0 aliphatic carbocycles. The van der Waals surface area contributed by atoms with E-state index >= 15 is 0 Å². The van der Waals surface area contributed by atoms with Crippen molar-refractivity contribution in [2.45, 2.75) is 6.92 Å². The largest absolute Gasteiger partial charge is 0.362 e. The Morgan fingerprint density at radius 3 is 3.00 bits per heavy atom. The molecule has 0 fully saturated rings. The number of hydrazone groups is 1. The van der Waals surface area contributed by atoms with Gasteiger partial charge in [-0.15, -0.1) is 0 Å². The van der Waals surface area contributed by atoms with Crippen LogP contribution in [0.5, 0.6) is 0 Å². The van der Waals surface area contributed by atoms with Crippen LogP contribution >= 0.6 is 12.2 Å². The standard InChI is InChI=1S/C13H16N4S/c1-3-14-13(18)16-15-8-10-9-17(2)12-7-5-4-6-11(10)12/h4-9H,3H2,1-2H3,(H2,14,16,18)/b15-8+. The van der Waals surface area contributed by atoms with E-state index in [1.807, 2.05) is 32.3 Å². The van der Waals surface area contributed by atoms with E-state index in [4.69, 9.17) is 12.2 Å². The molecule has 0 unspecified atom stereocenters. The summed E-state index contributed by atoms with van der Waals surface area (Å²) in [5.41, 5.74) is 5.04. The van der Waals surface area contributed by atoms with Gasteiger partial charge in [-0.1, -0.05) is 18.2 Å². The first-order chi connectivity index (χ1) is 8.72. The fraction of sp³-hybridized carbons (Fsp3) is 0.231. The molecular formula is C13H16N4S. The summed E-state index contributed by atoms with van der Waals surface area (Å²) < 4.78 is 2.08. The molecule has 2 aromatic rings. The number of nitrogens with one attached hydrogen (secondary N) is 2. The van der Waals surface area contributed by atoms with Gasteiger partial charge in [-0.2, -0.15) is 5.10 Å². The van der Waals surface area contributed by atoms with Crippen molar-refractivity contribution in [2.24, 2.45) is 12.1 Å². The van der Waals surface area contributed by atoms with Crippen LogP contribution < -0.4 is 10.7 Å². The molecule has 0 spiro atoms. The predicted molar refractivity (Wildman–Crippen MR) is 79.9 cm³/mol. The first kappa shape index (κ1) is 12.6. The summed E-state index contributed by atoms with van der Waals surface area (Å²) in [5, 5.41) is 8.82. The van der Waals surface area contributed by atoms with Gasteiger partial charge < -0.3 is 9.88 Å². The highest BCUT2D eigenvalue weighted by molar-refractivity contribution is 7.80. The lowest BCUT2D eigenvalue weighted by atomic mass is 10.2. The number of aryl methyl sites for hydroxylation is 1. The number of hydrogen-bond acceptors (Lipinski definition) is 2. The van der Waals surface area contributed by atoms with Gasteiger partial charge in [-0.3, -0.25) is 5.43 Å². The minimum absolute atomic E-state index is 0.536. The Labute approximate surface area is 112 Å². The number of nitrogens with zero attached hydrogens (tertiary/aromatic N) is 2. The lowest BCUT2D eigenvalue weighted by Crippen LogP contribution is -2.31. The summed E-state index contributed by atoms with van der Waals surface area (Å²) in [6, 6.07) is 8.22. The van der Waals surface area contributed by atoms with Crippen LogP contribution in [0.15, 0.2) is 35.6 Å². The molecule has 94 valence electrons. The molecular weight excluding hydrogens is 244 g/mol. The quantitative estimate of drug-likeness (QED) is 0.504. The Morgan fingerprint density at radius 1 is 1.44 bits per heavy atom. The van der Waals surface area contributed by atoms with Crippen LogP contribution in [0.25, 0.3) is 10.9 Å². The van der Waals surface area contributed by atoms with Gasteiger partial charge in [0.1, 0.15) is 0 Å². The summed E-state index contributed by atoms with van der Waals surface area (Å²) in [4.78, 5) is 0. The van der Waals surface area contributed by atoms with Gasteiger partial charge in [-0.25, -0.2) is 0 Å². The molecule has 0 atom stereocenters. The van der Waals surface area contributed by atoms with Crippen LogP contribution in [0, 0.1) is 0 Å². The molecule has 5 heteroatoms. The molecule has 4 nitrogen and oxygen atoms in total. The van der Waals surface area contributed by atoms with E-state index in [1.165, 1.54) is 10.9 Å². The van der Waals surface area contributed by atoms with Crippen molar-refractivity contribution in [2.75, 3.05) is 6.54 Å². The molecule has 0 amide bonds.